The maximum Gasteiger partial charge on any atom is 3.00 e. The van der Waals surface area contributed by atoms with Crippen LogP contribution >= 0.6 is 0 Å². The van der Waals surface area contributed by atoms with E-state index >= 15 is 0 Å². The average Bonchev–Trinajstić information content (AvgIpc) is 1.86. The second kappa shape index (κ2) is 2.67. The molecule has 0 aliphatic carbocycles. The third-order valence-corrected chi connectivity index (χ3v) is 0.513. The van der Waals surface area contributed by atoms with Crippen molar-refractivity contribution in [3.05, 3.63) is 22.6 Å². The Bertz CT molecular complexity index is 151. The Balaban J connectivity index is 0.000000360. The summed E-state index contributed by atoms with van der Waals surface area (Å²) in [4.78, 5) is 9.98. The fourth-order valence-corrected chi connectivity index (χ4v) is 0.272. The average molecular weight is 111 g/mol. The quantitative estimate of drug-likeness (QED) is 0.428. The van der Waals surface area contributed by atoms with E-state index in [1.165, 1.54) is 6.07 Å². The summed E-state index contributed by atoms with van der Waals surface area (Å²) in [6.45, 7) is 0. The zero-order valence-corrected chi connectivity index (χ0v) is 4.79. The van der Waals surface area contributed by atoms with Crippen LogP contribution in [0, 0.1) is 0 Å². The molecule has 1 aromatic rings. The molecule has 0 saturated heterocycles. The molecule has 1 aromatic heterocycles. The topological polar surface area (TPSA) is 48.6 Å². The standard InChI is InChI=1S/C3H4N2O.Al/c6-3-1-2-4-5-3;/h1-2H,(H2,4,5,6);/q;+3. The summed E-state index contributed by atoms with van der Waals surface area (Å²) in [6.07, 6.45) is 1.54. The van der Waals surface area contributed by atoms with E-state index in [9.17, 15) is 4.79 Å². The second-order valence-electron chi connectivity index (χ2n) is 0.967. The maximum absolute atomic E-state index is 9.98. The van der Waals surface area contributed by atoms with Gasteiger partial charge >= 0.3 is 17.4 Å². The molecule has 1 heterocycles. The van der Waals surface area contributed by atoms with E-state index < -0.39 is 0 Å². The first-order valence-electron chi connectivity index (χ1n) is 1.61. The largest absolute Gasteiger partial charge is 3.00 e. The van der Waals surface area contributed by atoms with Crippen LogP contribution < -0.4 is 5.56 Å². The zero-order chi connectivity index (χ0) is 4.41. The Morgan fingerprint density at radius 3 is 2.43 bits per heavy atom. The predicted molar refractivity (Wildman–Crippen MR) is 27.2 cm³/mol. The molecule has 0 amide bonds. The van der Waals surface area contributed by atoms with Crippen LogP contribution in [0.25, 0.3) is 0 Å². The van der Waals surface area contributed by atoms with Crippen LogP contribution in [0.5, 0.6) is 0 Å². The first-order valence-corrected chi connectivity index (χ1v) is 1.61. The van der Waals surface area contributed by atoms with Crippen LogP contribution in [0.4, 0.5) is 0 Å². The van der Waals surface area contributed by atoms with E-state index in [-0.39, 0.29) is 22.9 Å². The van der Waals surface area contributed by atoms with Crippen molar-refractivity contribution in [2.24, 2.45) is 0 Å². The Hall–Kier alpha value is -0.458. The second-order valence-corrected chi connectivity index (χ2v) is 0.967. The summed E-state index contributed by atoms with van der Waals surface area (Å²) in [5.74, 6) is 0. The first kappa shape index (κ1) is 6.54. The molecular formula is C3H4AlN2O+3. The minimum atomic E-state index is -0.0880. The van der Waals surface area contributed by atoms with Crippen molar-refractivity contribution in [1.82, 2.24) is 10.2 Å². The fourth-order valence-electron chi connectivity index (χ4n) is 0.272. The minimum Gasteiger partial charge on any atom is -0.305 e. The summed E-state index contributed by atoms with van der Waals surface area (Å²) in [6, 6.07) is 1.42. The van der Waals surface area contributed by atoms with Gasteiger partial charge in [-0.15, -0.1) is 0 Å². The monoisotopic (exact) mass is 111 g/mol. The minimum absolute atomic E-state index is 0. The molecule has 7 heavy (non-hydrogen) atoms. The fraction of sp³-hybridized carbons (Fsp3) is 0. The Kier molecular flexibility index (Phi) is 2.50. The number of aromatic amines is 2. The molecule has 2 N–H and O–H groups in total. The van der Waals surface area contributed by atoms with E-state index in [1.807, 2.05) is 0 Å². The van der Waals surface area contributed by atoms with Crippen molar-refractivity contribution in [2.75, 3.05) is 0 Å². The van der Waals surface area contributed by atoms with Crippen LogP contribution in [0.3, 0.4) is 0 Å². The van der Waals surface area contributed by atoms with Gasteiger partial charge < -0.3 is 5.10 Å². The molecule has 0 saturated carbocycles. The van der Waals surface area contributed by atoms with Gasteiger partial charge in [0.2, 0.25) is 0 Å². The van der Waals surface area contributed by atoms with Gasteiger partial charge in [0, 0.05) is 12.3 Å². The molecule has 0 atom stereocenters. The van der Waals surface area contributed by atoms with Gasteiger partial charge in [-0.25, -0.2) is 0 Å². The summed E-state index contributed by atoms with van der Waals surface area (Å²) in [5.41, 5.74) is -0.0880. The Morgan fingerprint density at radius 2 is 2.29 bits per heavy atom. The van der Waals surface area contributed by atoms with Crippen LogP contribution in [0.1, 0.15) is 0 Å². The first-order chi connectivity index (χ1) is 2.89. The molecule has 0 aromatic carbocycles. The Morgan fingerprint density at radius 1 is 1.57 bits per heavy atom. The number of nitrogens with one attached hydrogen (secondary N) is 2. The summed E-state index contributed by atoms with van der Waals surface area (Å²) >= 11 is 0. The van der Waals surface area contributed by atoms with Gasteiger partial charge in [-0.05, 0) is 0 Å². The van der Waals surface area contributed by atoms with Gasteiger partial charge in [0.15, 0.2) is 0 Å². The third kappa shape index (κ3) is 1.62. The van der Waals surface area contributed by atoms with Crippen molar-refractivity contribution in [3.8, 4) is 0 Å². The molecule has 0 unspecified atom stereocenters. The number of hydrogen-bond acceptors (Lipinski definition) is 1. The number of hydrogen-bond donors (Lipinski definition) is 2. The summed E-state index contributed by atoms with van der Waals surface area (Å²) in [7, 11) is 0. The van der Waals surface area contributed by atoms with Gasteiger partial charge in [0.25, 0.3) is 5.56 Å². The van der Waals surface area contributed by atoms with Crippen molar-refractivity contribution in [3.63, 3.8) is 0 Å². The normalized spacial score (nSPS) is 7.43. The van der Waals surface area contributed by atoms with E-state index in [0.29, 0.717) is 0 Å². The molecule has 0 aliphatic rings. The van der Waals surface area contributed by atoms with Crippen LogP contribution in [0.15, 0.2) is 17.1 Å². The van der Waals surface area contributed by atoms with Crippen molar-refractivity contribution in [1.29, 1.82) is 0 Å². The van der Waals surface area contributed by atoms with E-state index in [1.54, 1.807) is 6.20 Å². The third-order valence-electron chi connectivity index (χ3n) is 0.513. The molecule has 0 fully saturated rings. The van der Waals surface area contributed by atoms with Gasteiger partial charge in [-0.1, -0.05) is 0 Å². The number of H-pyrrole nitrogens is 2. The molecule has 3 nitrogen and oxygen atoms in total. The van der Waals surface area contributed by atoms with Crippen molar-refractivity contribution >= 4 is 17.4 Å². The molecule has 32 valence electrons. The summed E-state index contributed by atoms with van der Waals surface area (Å²) in [5, 5.41) is 4.81. The molecule has 0 radical (unpaired) electrons. The molecule has 0 spiro atoms. The van der Waals surface area contributed by atoms with Crippen molar-refractivity contribution in [2.45, 2.75) is 0 Å². The molecule has 1 rings (SSSR count). The van der Waals surface area contributed by atoms with Gasteiger partial charge in [0.05, 0.1) is 0 Å². The molecular weight excluding hydrogens is 107 g/mol. The number of aromatic nitrogens is 2. The van der Waals surface area contributed by atoms with Crippen molar-refractivity contribution < 1.29 is 0 Å². The molecule has 4 heteroatoms. The van der Waals surface area contributed by atoms with E-state index in [2.05, 4.69) is 10.2 Å². The predicted octanol–water partition coefficient (Wildman–Crippen LogP) is -0.678. The number of rotatable bonds is 0. The van der Waals surface area contributed by atoms with Crippen LogP contribution in [0.2, 0.25) is 0 Å². The zero-order valence-electron chi connectivity index (χ0n) is 3.64. The van der Waals surface area contributed by atoms with E-state index in [0.717, 1.165) is 0 Å². The van der Waals surface area contributed by atoms with E-state index in [4.69, 9.17) is 0 Å². The smallest absolute Gasteiger partial charge is 0.305 e. The maximum atomic E-state index is 9.98. The molecule has 0 aliphatic heterocycles. The van der Waals surface area contributed by atoms with Crippen LogP contribution in [-0.2, 0) is 0 Å². The van der Waals surface area contributed by atoms with Gasteiger partial charge in [0.1, 0.15) is 0 Å². The van der Waals surface area contributed by atoms with Gasteiger partial charge in [-0.2, -0.15) is 0 Å². The van der Waals surface area contributed by atoms with Crippen LogP contribution in [-0.4, -0.2) is 27.6 Å². The van der Waals surface area contributed by atoms with Gasteiger partial charge in [-0.3, -0.25) is 9.89 Å². The molecule has 0 bridgehead atoms. The summed E-state index contributed by atoms with van der Waals surface area (Å²) < 4.78 is 0. The Labute approximate surface area is 50.9 Å². The SMILES string of the molecule is O=c1cc[nH][nH]1.[Al+3].